The van der Waals surface area contributed by atoms with Crippen LogP contribution in [0.2, 0.25) is 0 Å². The molecule has 1 N–H and O–H groups in total. The molecule has 2 aromatic rings. The van der Waals surface area contributed by atoms with Crippen molar-refractivity contribution in [3.63, 3.8) is 0 Å². The first kappa shape index (κ1) is 15.0. The molecule has 0 spiro atoms. The lowest BCUT2D eigenvalue weighted by molar-refractivity contribution is -0.123. The summed E-state index contributed by atoms with van der Waals surface area (Å²) in [6, 6.07) is 9.07. The minimum atomic E-state index is -0.483. The third kappa shape index (κ3) is 3.48. The Morgan fingerprint density at radius 3 is 2.83 bits per heavy atom. The van der Waals surface area contributed by atoms with Gasteiger partial charge in [0, 0.05) is 25.9 Å². The summed E-state index contributed by atoms with van der Waals surface area (Å²) in [7, 11) is 1.80. The SMILES string of the molecule is Cn1cc(N2CCC(NC(=O)C=Cc3ccccc3)C2=O)cn1. The monoisotopic (exact) mass is 310 g/mol. The van der Waals surface area contributed by atoms with Crippen LogP contribution in [0, 0.1) is 0 Å². The van der Waals surface area contributed by atoms with E-state index in [-0.39, 0.29) is 11.8 Å². The summed E-state index contributed by atoms with van der Waals surface area (Å²) in [6.07, 6.45) is 7.22. The fourth-order valence-corrected chi connectivity index (χ4v) is 2.57. The van der Waals surface area contributed by atoms with Gasteiger partial charge in [-0.15, -0.1) is 0 Å². The molecule has 0 radical (unpaired) electrons. The number of nitrogens with zero attached hydrogens (tertiary/aromatic N) is 3. The van der Waals surface area contributed by atoms with E-state index in [1.165, 1.54) is 6.08 Å². The normalized spacial score (nSPS) is 17.9. The lowest BCUT2D eigenvalue weighted by Crippen LogP contribution is -2.40. The van der Waals surface area contributed by atoms with Gasteiger partial charge in [-0.2, -0.15) is 5.10 Å². The fraction of sp³-hybridized carbons (Fsp3) is 0.235. The molecule has 1 unspecified atom stereocenters. The second kappa shape index (κ2) is 6.48. The third-order valence-corrected chi connectivity index (χ3v) is 3.75. The number of anilines is 1. The van der Waals surface area contributed by atoms with E-state index in [0.29, 0.717) is 13.0 Å². The lowest BCUT2D eigenvalue weighted by atomic mass is 10.2. The Morgan fingerprint density at radius 2 is 2.13 bits per heavy atom. The van der Waals surface area contributed by atoms with Crippen LogP contribution in [0.1, 0.15) is 12.0 Å². The van der Waals surface area contributed by atoms with Gasteiger partial charge in [0.05, 0.1) is 11.9 Å². The molecule has 0 bridgehead atoms. The Balaban J connectivity index is 1.59. The van der Waals surface area contributed by atoms with Crippen molar-refractivity contribution in [2.24, 2.45) is 7.05 Å². The zero-order valence-corrected chi connectivity index (χ0v) is 12.8. The lowest BCUT2D eigenvalue weighted by Gasteiger charge is -2.14. The van der Waals surface area contributed by atoms with Crippen molar-refractivity contribution in [3.8, 4) is 0 Å². The predicted molar refractivity (Wildman–Crippen MR) is 87.6 cm³/mol. The largest absolute Gasteiger partial charge is 0.341 e. The molecule has 6 nitrogen and oxygen atoms in total. The maximum Gasteiger partial charge on any atom is 0.249 e. The van der Waals surface area contributed by atoms with Gasteiger partial charge >= 0.3 is 0 Å². The van der Waals surface area contributed by atoms with Gasteiger partial charge in [0.1, 0.15) is 6.04 Å². The molecule has 3 rings (SSSR count). The van der Waals surface area contributed by atoms with Gasteiger partial charge in [0.15, 0.2) is 0 Å². The number of hydrogen-bond donors (Lipinski definition) is 1. The van der Waals surface area contributed by atoms with Crippen molar-refractivity contribution < 1.29 is 9.59 Å². The molecule has 23 heavy (non-hydrogen) atoms. The first-order valence-electron chi connectivity index (χ1n) is 7.47. The van der Waals surface area contributed by atoms with E-state index < -0.39 is 6.04 Å². The predicted octanol–water partition coefficient (Wildman–Crippen LogP) is 1.35. The zero-order valence-electron chi connectivity index (χ0n) is 12.8. The maximum atomic E-state index is 12.4. The Morgan fingerprint density at radius 1 is 1.35 bits per heavy atom. The van der Waals surface area contributed by atoms with Gasteiger partial charge in [0.2, 0.25) is 11.8 Å². The standard InChI is InChI=1S/C17H18N4O2/c1-20-12-14(11-18-20)21-10-9-15(17(21)23)19-16(22)8-7-13-5-3-2-4-6-13/h2-8,11-12,15H,9-10H2,1H3,(H,19,22). The Kier molecular flexibility index (Phi) is 4.23. The highest BCUT2D eigenvalue weighted by Crippen LogP contribution is 2.20. The van der Waals surface area contributed by atoms with Gasteiger partial charge in [-0.3, -0.25) is 14.3 Å². The van der Waals surface area contributed by atoms with Crippen molar-refractivity contribution in [1.29, 1.82) is 0 Å². The first-order chi connectivity index (χ1) is 11.1. The van der Waals surface area contributed by atoms with Crippen molar-refractivity contribution in [3.05, 3.63) is 54.4 Å². The van der Waals surface area contributed by atoms with E-state index in [1.54, 1.807) is 35.1 Å². The first-order valence-corrected chi connectivity index (χ1v) is 7.47. The maximum absolute atomic E-state index is 12.4. The topological polar surface area (TPSA) is 67.2 Å². The van der Waals surface area contributed by atoms with Gasteiger partial charge in [-0.1, -0.05) is 30.3 Å². The van der Waals surface area contributed by atoms with E-state index in [2.05, 4.69) is 10.4 Å². The highest BCUT2D eigenvalue weighted by atomic mass is 16.2. The van der Waals surface area contributed by atoms with Gasteiger partial charge in [-0.05, 0) is 18.1 Å². The summed E-state index contributed by atoms with van der Waals surface area (Å²) >= 11 is 0. The van der Waals surface area contributed by atoms with Crippen LogP contribution < -0.4 is 10.2 Å². The third-order valence-electron chi connectivity index (χ3n) is 3.75. The van der Waals surface area contributed by atoms with Crippen molar-refractivity contribution in [2.45, 2.75) is 12.5 Å². The van der Waals surface area contributed by atoms with Crippen molar-refractivity contribution in [2.75, 3.05) is 11.4 Å². The molecule has 2 heterocycles. The minimum Gasteiger partial charge on any atom is -0.341 e. The van der Waals surface area contributed by atoms with Crippen LogP contribution in [0.5, 0.6) is 0 Å². The summed E-state index contributed by atoms with van der Waals surface area (Å²) in [5.41, 5.74) is 1.70. The molecule has 6 heteroatoms. The zero-order chi connectivity index (χ0) is 16.2. The number of rotatable bonds is 4. The number of hydrogen-bond acceptors (Lipinski definition) is 3. The van der Waals surface area contributed by atoms with Gasteiger partial charge in [-0.25, -0.2) is 0 Å². The molecule has 1 atom stereocenters. The molecule has 0 saturated carbocycles. The van der Waals surface area contributed by atoms with E-state index >= 15 is 0 Å². The number of aryl methyl sites for hydroxylation is 1. The molecule has 1 aliphatic heterocycles. The second-order valence-electron chi connectivity index (χ2n) is 5.46. The van der Waals surface area contributed by atoms with E-state index in [4.69, 9.17) is 0 Å². The van der Waals surface area contributed by atoms with Crippen LogP contribution in [-0.2, 0) is 16.6 Å². The van der Waals surface area contributed by atoms with Crippen LogP contribution in [-0.4, -0.2) is 34.2 Å². The van der Waals surface area contributed by atoms with Crippen molar-refractivity contribution >= 4 is 23.6 Å². The Labute approximate surface area is 134 Å². The molecule has 1 saturated heterocycles. The molecular weight excluding hydrogens is 292 g/mol. The Bertz CT molecular complexity index is 736. The number of amides is 2. The van der Waals surface area contributed by atoms with Crippen LogP contribution >= 0.6 is 0 Å². The molecule has 118 valence electrons. The second-order valence-corrected chi connectivity index (χ2v) is 5.46. The quantitative estimate of drug-likeness (QED) is 0.867. The number of carbonyl (C=O) groups excluding carboxylic acids is 2. The molecule has 1 fully saturated rings. The Hall–Kier alpha value is -2.89. The average molecular weight is 310 g/mol. The molecule has 1 aromatic heterocycles. The summed E-state index contributed by atoms with van der Waals surface area (Å²) in [5, 5.41) is 6.83. The van der Waals surface area contributed by atoms with E-state index in [1.807, 2.05) is 30.3 Å². The fourth-order valence-electron chi connectivity index (χ4n) is 2.57. The van der Waals surface area contributed by atoms with Crippen molar-refractivity contribution in [1.82, 2.24) is 15.1 Å². The molecule has 1 aromatic carbocycles. The summed E-state index contributed by atoms with van der Waals surface area (Å²) in [6.45, 7) is 0.581. The summed E-state index contributed by atoms with van der Waals surface area (Å²) < 4.78 is 1.65. The van der Waals surface area contributed by atoms with Crippen LogP contribution in [0.4, 0.5) is 5.69 Å². The van der Waals surface area contributed by atoms with Gasteiger partial charge in [0.25, 0.3) is 0 Å². The highest BCUT2D eigenvalue weighted by molar-refractivity contribution is 6.03. The number of benzene rings is 1. The summed E-state index contributed by atoms with van der Waals surface area (Å²) in [4.78, 5) is 26.0. The smallest absolute Gasteiger partial charge is 0.249 e. The van der Waals surface area contributed by atoms with Crippen LogP contribution in [0.25, 0.3) is 6.08 Å². The number of carbonyl (C=O) groups is 2. The highest BCUT2D eigenvalue weighted by Gasteiger charge is 2.33. The van der Waals surface area contributed by atoms with Gasteiger partial charge < -0.3 is 10.2 Å². The summed E-state index contributed by atoms with van der Waals surface area (Å²) in [5.74, 6) is -0.361. The molecule has 2 amide bonds. The molecular formula is C17H18N4O2. The minimum absolute atomic E-state index is 0.0977. The van der Waals surface area contributed by atoms with E-state index in [0.717, 1.165) is 11.3 Å². The average Bonchev–Trinajstić information content (AvgIpc) is 3.13. The number of aromatic nitrogens is 2. The van der Waals surface area contributed by atoms with Crippen LogP contribution in [0.3, 0.4) is 0 Å². The van der Waals surface area contributed by atoms with E-state index in [9.17, 15) is 9.59 Å². The number of nitrogens with one attached hydrogen (secondary N) is 1. The van der Waals surface area contributed by atoms with Crippen LogP contribution in [0.15, 0.2) is 48.8 Å². The molecule has 0 aliphatic carbocycles. The molecule has 1 aliphatic rings.